The standard InChI is InChI=1S/C15H26N2O/c1-3-13-16-15(9-10-15)14(18)17(13)11(2)12-7-5-4-6-8-12/h11-13,16H,3-10H2,1-2H3. The summed E-state index contributed by atoms with van der Waals surface area (Å²) in [5.74, 6) is 1.12. The molecule has 1 aliphatic heterocycles. The maximum atomic E-state index is 12.6. The molecule has 0 aromatic heterocycles. The van der Waals surface area contributed by atoms with Crippen LogP contribution in [0.15, 0.2) is 0 Å². The molecule has 0 radical (unpaired) electrons. The van der Waals surface area contributed by atoms with E-state index < -0.39 is 0 Å². The number of amides is 1. The fraction of sp³-hybridized carbons (Fsp3) is 0.933. The molecule has 3 rings (SSSR count). The molecular weight excluding hydrogens is 224 g/mol. The van der Waals surface area contributed by atoms with E-state index in [4.69, 9.17) is 0 Å². The smallest absolute Gasteiger partial charge is 0.244 e. The Morgan fingerprint density at radius 2 is 2.00 bits per heavy atom. The topological polar surface area (TPSA) is 32.3 Å². The van der Waals surface area contributed by atoms with Crippen molar-refractivity contribution in [1.82, 2.24) is 10.2 Å². The van der Waals surface area contributed by atoms with Crippen LogP contribution in [0.5, 0.6) is 0 Å². The zero-order chi connectivity index (χ0) is 12.8. The van der Waals surface area contributed by atoms with Crippen molar-refractivity contribution < 1.29 is 4.79 Å². The average Bonchev–Trinajstić information content (AvgIpc) is 3.13. The zero-order valence-electron chi connectivity index (χ0n) is 11.7. The van der Waals surface area contributed by atoms with Crippen LogP contribution in [0.1, 0.15) is 65.2 Å². The van der Waals surface area contributed by atoms with E-state index >= 15 is 0 Å². The van der Waals surface area contributed by atoms with E-state index in [2.05, 4.69) is 24.1 Å². The minimum absolute atomic E-state index is 0.135. The third-order valence-electron chi connectivity index (χ3n) is 5.33. The summed E-state index contributed by atoms with van der Waals surface area (Å²) in [6.45, 7) is 4.46. The van der Waals surface area contributed by atoms with Gasteiger partial charge in [0.2, 0.25) is 5.91 Å². The predicted molar refractivity (Wildman–Crippen MR) is 72.1 cm³/mol. The second-order valence-corrected chi connectivity index (χ2v) is 6.50. The van der Waals surface area contributed by atoms with Gasteiger partial charge >= 0.3 is 0 Å². The summed E-state index contributed by atoms with van der Waals surface area (Å²) < 4.78 is 0. The van der Waals surface area contributed by atoms with Gasteiger partial charge in [0.15, 0.2) is 0 Å². The van der Waals surface area contributed by atoms with Gasteiger partial charge in [-0.2, -0.15) is 0 Å². The quantitative estimate of drug-likeness (QED) is 0.835. The third-order valence-corrected chi connectivity index (χ3v) is 5.33. The van der Waals surface area contributed by atoms with Crippen molar-refractivity contribution in [1.29, 1.82) is 0 Å². The summed E-state index contributed by atoms with van der Waals surface area (Å²) in [6, 6.07) is 0.426. The van der Waals surface area contributed by atoms with E-state index in [1.165, 1.54) is 32.1 Å². The van der Waals surface area contributed by atoms with Crippen LogP contribution in [-0.4, -0.2) is 28.6 Å². The van der Waals surface area contributed by atoms with Gasteiger partial charge in [0.25, 0.3) is 0 Å². The second kappa shape index (κ2) is 4.52. The molecule has 0 bridgehead atoms. The Bertz CT molecular complexity index is 331. The fourth-order valence-electron chi connectivity index (χ4n) is 3.93. The Hall–Kier alpha value is -0.570. The maximum absolute atomic E-state index is 12.6. The van der Waals surface area contributed by atoms with Gasteiger partial charge in [-0.1, -0.05) is 26.2 Å². The van der Waals surface area contributed by atoms with Gasteiger partial charge in [-0.05, 0) is 44.9 Å². The molecule has 0 aromatic rings. The van der Waals surface area contributed by atoms with Crippen molar-refractivity contribution >= 4 is 5.91 Å². The van der Waals surface area contributed by atoms with Crippen molar-refractivity contribution in [3.63, 3.8) is 0 Å². The molecule has 1 N–H and O–H groups in total. The molecule has 2 aliphatic carbocycles. The lowest BCUT2D eigenvalue weighted by atomic mass is 9.83. The molecular formula is C15H26N2O. The van der Waals surface area contributed by atoms with Gasteiger partial charge < -0.3 is 4.90 Å². The lowest BCUT2D eigenvalue weighted by molar-refractivity contribution is -0.134. The summed E-state index contributed by atoms with van der Waals surface area (Å²) in [6.07, 6.45) is 10.1. The van der Waals surface area contributed by atoms with E-state index in [0.29, 0.717) is 11.9 Å². The first-order chi connectivity index (χ1) is 8.68. The molecule has 2 atom stereocenters. The summed E-state index contributed by atoms with van der Waals surface area (Å²) in [7, 11) is 0. The van der Waals surface area contributed by atoms with Gasteiger partial charge in [-0.3, -0.25) is 10.1 Å². The number of nitrogens with one attached hydrogen (secondary N) is 1. The molecule has 3 fully saturated rings. The average molecular weight is 250 g/mol. The molecule has 1 heterocycles. The molecule has 0 aromatic carbocycles. The van der Waals surface area contributed by atoms with Gasteiger partial charge in [-0.25, -0.2) is 0 Å². The first-order valence-corrected chi connectivity index (χ1v) is 7.78. The fourth-order valence-corrected chi connectivity index (χ4v) is 3.93. The van der Waals surface area contributed by atoms with Crippen molar-refractivity contribution in [2.24, 2.45) is 5.92 Å². The summed E-state index contributed by atoms with van der Waals surface area (Å²) in [4.78, 5) is 14.8. The second-order valence-electron chi connectivity index (χ2n) is 6.50. The third kappa shape index (κ3) is 1.87. The minimum atomic E-state index is -0.135. The Labute approximate surface area is 110 Å². The molecule has 1 saturated heterocycles. The number of hydrogen-bond acceptors (Lipinski definition) is 2. The van der Waals surface area contributed by atoms with Crippen LogP contribution < -0.4 is 5.32 Å². The molecule has 102 valence electrons. The Kier molecular flexibility index (Phi) is 3.13. The molecule has 3 nitrogen and oxygen atoms in total. The molecule has 3 aliphatic rings. The monoisotopic (exact) mass is 250 g/mol. The van der Waals surface area contributed by atoms with E-state index in [-0.39, 0.29) is 11.7 Å². The summed E-state index contributed by atoms with van der Waals surface area (Å²) in [5.41, 5.74) is -0.135. The Balaban J connectivity index is 1.74. The normalized spacial score (nSPS) is 33.1. The highest BCUT2D eigenvalue weighted by Crippen LogP contribution is 2.44. The predicted octanol–water partition coefficient (Wildman–Crippen LogP) is 2.66. The van der Waals surface area contributed by atoms with Gasteiger partial charge in [0.05, 0.1) is 11.7 Å². The largest absolute Gasteiger partial charge is 0.323 e. The molecule has 2 saturated carbocycles. The van der Waals surface area contributed by atoms with Crippen molar-refractivity contribution in [2.75, 3.05) is 0 Å². The molecule has 18 heavy (non-hydrogen) atoms. The first kappa shape index (κ1) is 12.5. The zero-order valence-corrected chi connectivity index (χ0v) is 11.7. The van der Waals surface area contributed by atoms with Crippen LogP contribution in [0, 0.1) is 5.92 Å². The Morgan fingerprint density at radius 3 is 2.56 bits per heavy atom. The minimum Gasteiger partial charge on any atom is -0.323 e. The molecule has 2 unspecified atom stereocenters. The van der Waals surface area contributed by atoms with Crippen LogP contribution in [0.3, 0.4) is 0 Å². The highest BCUT2D eigenvalue weighted by molar-refractivity contribution is 5.92. The van der Waals surface area contributed by atoms with E-state index in [9.17, 15) is 4.79 Å². The Morgan fingerprint density at radius 1 is 1.33 bits per heavy atom. The number of carbonyl (C=O) groups is 1. The van der Waals surface area contributed by atoms with Gasteiger partial charge in [-0.15, -0.1) is 0 Å². The van der Waals surface area contributed by atoms with E-state index in [1.54, 1.807) is 0 Å². The van der Waals surface area contributed by atoms with Crippen LogP contribution in [0.25, 0.3) is 0 Å². The molecule has 1 amide bonds. The first-order valence-electron chi connectivity index (χ1n) is 7.78. The molecule has 3 heteroatoms. The highest BCUT2D eigenvalue weighted by atomic mass is 16.2. The van der Waals surface area contributed by atoms with Crippen molar-refractivity contribution in [3.8, 4) is 0 Å². The molecule has 1 spiro atoms. The van der Waals surface area contributed by atoms with Crippen LogP contribution in [-0.2, 0) is 4.79 Å². The van der Waals surface area contributed by atoms with Gasteiger partial charge in [0.1, 0.15) is 0 Å². The highest BCUT2D eigenvalue weighted by Gasteiger charge is 2.59. The van der Waals surface area contributed by atoms with Gasteiger partial charge in [0, 0.05) is 6.04 Å². The number of rotatable bonds is 3. The SMILES string of the molecule is CCC1NC2(CC2)C(=O)N1C(C)C1CCCCC1. The van der Waals surface area contributed by atoms with Crippen LogP contribution >= 0.6 is 0 Å². The summed E-state index contributed by atoms with van der Waals surface area (Å²) in [5, 5.41) is 3.59. The lowest BCUT2D eigenvalue weighted by Gasteiger charge is -2.37. The number of hydrogen-bond donors (Lipinski definition) is 1. The summed E-state index contributed by atoms with van der Waals surface area (Å²) >= 11 is 0. The van der Waals surface area contributed by atoms with E-state index in [1.807, 2.05) is 0 Å². The van der Waals surface area contributed by atoms with E-state index in [0.717, 1.165) is 25.2 Å². The van der Waals surface area contributed by atoms with Crippen LogP contribution in [0.4, 0.5) is 0 Å². The number of nitrogens with zero attached hydrogens (tertiary/aromatic N) is 1. The van der Waals surface area contributed by atoms with Crippen LogP contribution in [0.2, 0.25) is 0 Å². The lowest BCUT2D eigenvalue weighted by Crippen LogP contribution is -2.46. The maximum Gasteiger partial charge on any atom is 0.244 e. The van der Waals surface area contributed by atoms with Crippen molar-refractivity contribution in [2.45, 2.75) is 83.0 Å². The van der Waals surface area contributed by atoms with Crippen molar-refractivity contribution in [3.05, 3.63) is 0 Å². The number of carbonyl (C=O) groups excluding carboxylic acids is 1.